The zero-order chi connectivity index (χ0) is 13.8. The minimum Gasteiger partial charge on any atom is -0.347 e. The predicted molar refractivity (Wildman–Crippen MR) is 82.0 cm³/mol. The molecule has 0 bridgehead atoms. The molecule has 21 heavy (non-hydrogen) atoms. The van der Waals surface area contributed by atoms with Crippen LogP contribution in [0.2, 0.25) is 0 Å². The number of hydrogen-bond donors (Lipinski definition) is 2. The highest BCUT2D eigenvalue weighted by atomic mass is 35.5. The summed E-state index contributed by atoms with van der Waals surface area (Å²) in [6.45, 7) is 1.84. The number of nitrogens with zero attached hydrogens (tertiary/aromatic N) is 3. The van der Waals surface area contributed by atoms with Crippen LogP contribution in [0.4, 0.5) is 0 Å². The van der Waals surface area contributed by atoms with Gasteiger partial charge in [0.05, 0.1) is 11.9 Å². The molecule has 112 valence electrons. The fourth-order valence-corrected chi connectivity index (χ4v) is 2.29. The van der Waals surface area contributed by atoms with E-state index in [0.29, 0.717) is 5.69 Å². The van der Waals surface area contributed by atoms with Gasteiger partial charge < -0.3 is 10.6 Å². The predicted octanol–water partition coefficient (Wildman–Crippen LogP) is 1.17. The molecular formula is C14H18ClN5O. The van der Waals surface area contributed by atoms with Crippen LogP contribution in [0.3, 0.4) is 0 Å². The van der Waals surface area contributed by atoms with Gasteiger partial charge in [-0.1, -0.05) is 18.2 Å². The quantitative estimate of drug-likeness (QED) is 0.893. The first-order chi connectivity index (χ1) is 9.83. The SMILES string of the molecule is Cl.O=C(NC1CCCNC1)c1cnn(-c2ccccc2)n1. The molecule has 1 aromatic heterocycles. The van der Waals surface area contributed by atoms with Crippen molar-refractivity contribution in [3.8, 4) is 5.69 Å². The standard InChI is InChI=1S/C14H17N5O.ClH/c20-14(17-11-5-4-8-15-9-11)13-10-16-19(18-13)12-6-2-1-3-7-12;/h1-3,6-7,10-11,15H,4-5,8-9H2,(H,17,20);1H. The Morgan fingerprint density at radius 3 is 2.86 bits per heavy atom. The Morgan fingerprint density at radius 2 is 2.14 bits per heavy atom. The van der Waals surface area contributed by atoms with Gasteiger partial charge in [0.15, 0.2) is 5.69 Å². The molecular weight excluding hydrogens is 290 g/mol. The molecule has 6 nitrogen and oxygen atoms in total. The molecule has 1 saturated heterocycles. The van der Waals surface area contributed by atoms with Gasteiger partial charge in [-0.15, -0.1) is 17.5 Å². The molecule has 1 amide bonds. The molecule has 0 aliphatic carbocycles. The summed E-state index contributed by atoms with van der Waals surface area (Å²) < 4.78 is 0. The zero-order valence-electron chi connectivity index (χ0n) is 11.5. The highest BCUT2D eigenvalue weighted by Crippen LogP contribution is 2.06. The third-order valence-electron chi connectivity index (χ3n) is 3.34. The van der Waals surface area contributed by atoms with Crippen molar-refractivity contribution < 1.29 is 4.79 Å². The lowest BCUT2D eigenvalue weighted by Gasteiger charge is -2.23. The van der Waals surface area contributed by atoms with E-state index in [4.69, 9.17) is 0 Å². The largest absolute Gasteiger partial charge is 0.347 e. The number of benzene rings is 1. The summed E-state index contributed by atoms with van der Waals surface area (Å²) in [5.41, 5.74) is 1.19. The highest BCUT2D eigenvalue weighted by Gasteiger charge is 2.18. The molecule has 1 aromatic carbocycles. The van der Waals surface area contributed by atoms with Crippen molar-refractivity contribution in [2.45, 2.75) is 18.9 Å². The van der Waals surface area contributed by atoms with Gasteiger partial charge in [0.25, 0.3) is 5.91 Å². The van der Waals surface area contributed by atoms with Crippen LogP contribution in [0.1, 0.15) is 23.3 Å². The van der Waals surface area contributed by atoms with Gasteiger partial charge >= 0.3 is 0 Å². The third-order valence-corrected chi connectivity index (χ3v) is 3.34. The van der Waals surface area contributed by atoms with Gasteiger partial charge in [0.1, 0.15) is 0 Å². The Labute approximate surface area is 129 Å². The lowest BCUT2D eigenvalue weighted by atomic mass is 10.1. The molecule has 0 spiro atoms. The topological polar surface area (TPSA) is 71.8 Å². The number of piperidine rings is 1. The first-order valence-electron chi connectivity index (χ1n) is 6.82. The first-order valence-corrected chi connectivity index (χ1v) is 6.82. The fourth-order valence-electron chi connectivity index (χ4n) is 2.29. The number of carbonyl (C=O) groups is 1. The Bertz CT molecular complexity index is 580. The molecule has 0 saturated carbocycles. The van der Waals surface area contributed by atoms with Crippen molar-refractivity contribution in [1.29, 1.82) is 0 Å². The highest BCUT2D eigenvalue weighted by molar-refractivity contribution is 5.92. The summed E-state index contributed by atoms with van der Waals surface area (Å²) in [6, 6.07) is 9.71. The summed E-state index contributed by atoms with van der Waals surface area (Å²) in [5, 5.41) is 14.6. The van der Waals surface area contributed by atoms with Crippen LogP contribution in [0.15, 0.2) is 36.5 Å². The number of rotatable bonds is 3. The van der Waals surface area contributed by atoms with E-state index in [0.717, 1.165) is 31.6 Å². The maximum atomic E-state index is 12.1. The summed E-state index contributed by atoms with van der Waals surface area (Å²) in [6.07, 6.45) is 3.59. The van der Waals surface area contributed by atoms with Gasteiger partial charge in [-0.25, -0.2) is 0 Å². The maximum Gasteiger partial charge on any atom is 0.273 e. The summed E-state index contributed by atoms with van der Waals surface area (Å²) in [4.78, 5) is 13.6. The average molecular weight is 308 g/mol. The molecule has 7 heteroatoms. The first kappa shape index (κ1) is 15.5. The Hall–Kier alpha value is -1.92. The zero-order valence-corrected chi connectivity index (χ0v) is 12.3. The van der Waals surface area contributed by atoms with Crippen LogP contribution in [-0.4, -0.2) is 40.0 Å². The minimum absolute atomic E-state index is 0. The van der Waals surface area contributed by atoms with Crippen LogP contribution in [0.25, 0.3) is 5.69 Å². The van der Waals surface area contributed by atoms with E-state index in [1.54, 1.807) is 0 Å². The van der Waals surface area contributed by atoms with E-state index in [2.05, 4.69) is 20.8 Å². The van der Waals surface area contributed by atoms with E-state index in [9.17, 15) is 4.79 Å². The van der Waals surface area contributed by atoms with Crippen LogP contribution >= 0.6 is 12.4 Å². The van der Waals surface area contributed by atoms with E-state index in [1.807, 2.05) is 30.3 Å². The molecule has 2 aromatic rings. The van der Waals surface area contributed by atoms with Crippen molar-refractivity contribution >= 4 is 18.3 Å². The number of hydrogen-bond acceptors (Lipinski definition) is 4. The van der Waals surface area contributed by atoms with Crippen LogP contribution in [0, 0.1) is 0 Å². The average Bonchev–Trinajstić information content (AvgIpc) is 2.99. The lowest BCUT2D eigenvalue weighted by Crippen LogP contribution is -2.45. The van der Waals surface area contributed by atoms with E-state index in [1.165, 1.54) is 11.0 Å². The molecule has 2 heterocycles. The van der Waals surface area contributed by atoms with Crippen LogP contribution in [0.5, 0.6) is 0 Å². The van der Waals surface area contributed by atoms with Crippen molar-refractivity contribution in [1.82, 2.24) is 25.6 Å². The van der Waals surface area contributed by atoms with Crippen LogP contribution < -0.4 is 10.6 Å². The molecule has 1 unspecified atom stereocenters. The maximum absolute atomic E-state index is 12.1. The van der Waals surface area contributed by atoms with Gasteiger partial charge in [-0.2, -0.15) is 9.90 Å². The molecule has 1 aliphatic rings. The van der Waals surface area contributed by atoms with E-state index < -0.39 is 0 Å². The Kier molecular flexibility index (Phi) is 5.30. The number of amides is 1. The molecule has 1 atom stereocenters. The molecule has 2 N–H and O–H groups in total. The number of halogens is 1. The monoisotopic (exact) mass is 307 g/mol. The minimum atomic E-state index is -0.166. The van der Waals surface area contributed by atoms with Crippen LogP contribution in [-0.2, 0) is 0 Å². The molecule has 1 fully saturated rings. The number of para-hydroxylation sites is 1. The van der Waals surface area contributed by atoms with Crippen molar-refractivity contribution in [3.63, 3.8) is 0 Å². The summed E-state index contributed by atoms with van der Waals surface area (Å²) >= 11 is 0. The van der Waals surface area contributed by atoms with E-state index in [-0.39, 0.29) is 24.4 Å². The molecule has 1 aliphatic heterocycles. The van der Waals surface area contributed by atoms with Gasteiger partial charge in [-0.05, 0) is 31.5 Å². The number of nitrogens with one attached hydrogen (secondary N) is 2. The van der Waals surface area contributed by atoms with Gasteiger partial charge in [0.2, 0.25) is 0 Å². The molecule has 0 radical (unpaired) electrons. The number of aromatic nitrogens is 3. The summed E-state index contributed by atoms with van der Waals surface area (Å²) in [5.74, 6) is -0.166. The van der Waals surface area contributed by atoms with Gasteiger partial charge in [0, 0.05) is 12.6 Å². The fraction of sp³-hybridized carbons (Fsp3) is 0.357. The smallest absolute Gasteiger partial charge is 0.273 e. The Balaban J connectivity index is 0.00000161. The van der Waals surface area contributed by atoms with Crippen molar-refractivity contribution in [3.05, 3.63) is 42.2 Å². The lowest BCUT2D eigenvalue weighted by molar-refractivity contribution is 0.0925. The second-order valence-electron chi connectivity index (χ2n) is 4.87. The summed E-state index contributed by atoms with van der Waals surface area (Å²) in [7, 11) is 0. The second-order valence-corrected chi connectivity index (χ2v) is 4.87. The van der Waals surface area contributed by atoms with Crippen molar-refractivity contribution in [2.75, 3.05) is 13.1 Å². The third kappa shape index (κ3) is 3.80. The van der Waals surface area contributed by atoms with Crippen molar-refractivity contribution in [2.24, 2.45) is 0 Å². The second kappa shape index (κ2) is 7.19. The number of carbonyl (C=O) groups excluding carboxylic acids is 1. The normalized spacial score (nSPS) is 17.8. The Morgan fingerprint density at radius 1 is 1.33 bits per heavy atom. The van der Waals surface area contributed by atoms with Gasteiger partial charge in [-0.3, -0.25) is 4.79 Å². The van der Waals surface area contributed by atoms with E-state index >= 15 is 0 Å². The molecule has 3 rings (SSSR count).